The first-order valence-electron chi connectivity index (χ1n) is 11.5. The van der Waals surface area contributed by atoms with E-state index in [1.807, 2.05) is 36.4 Å². The number of para-hydroxylation sites is 2. The number of aromatic amines is 1. The molecule has 0 bridgehead atoms. The molecule has 1 aliphatic heterocycles. The van der Waals surface area contributed by atoms with E-state index in [0.29, 0.717) is 31.9 Å². The van der Waals surface area contributed by atoms with Gasteiger partial charge in [0.2, 0.25) is 0 Å². The second kappa shape index (κ2) is 9.87. The van der Waals surface area contributed by atoms with Gasteiger partial charge in [0.15, 0.2) is 0 Å². The van der Waals surface area contributed by atoms with Crippen molar-refractivity contribution in [2.24, 2.45) is 0 Å². The number of anilines is 1. The van der Waals surface area contributed by atoms with Crippen molar-refractivity contribution in [2.75, 3.05) is 38.2 Å². The van der Waals surface area contributed by atoms with Crippen molar-refractivity contribution in [1.29, 1.82) is 0 Å². The Morgan fingerprint density at radius 3 is 2.42 bits per heavy atom. The SMILES string of the molecule is COc1ccccc1-n1c(=O)[nH]cc(C(=O)N2CCN(c3cc(-c4ccccc4)ncn3)CC2)c1=O. The summed E-state index contributed by atoms with van der Waals surface area (Å²) in [6.45, 7) is 1.88. The van der Waals surface area contributed by atoms with Crippen LogP contribution in [-0.4, -0.2) is 63.6 Å². The molecule has 1 N–H and O–H groups in total. The van der Waals surface area contributed by atoms with Gasteiger partial charge in [-0.2, -0.15) is 0 Å². The van der Waals surface area contributed by atoms with E-state index >= 15 is 0 Å². The highest BCUT2D eigenvalue weighted by atomic mass is 16.5. The number of rotatable bonds is 5. The molecule has 4 aromatic rings. The maximum atomic E-state index is 13.3. The highest BCUT2D eigenvalue weighted by Gasteiger charge is 2.26. The number of amides is 1. The summed E-state index contributed by atoms with van der Waals surface area (Å²) in [5.74, 6) is 0.689. The van der Waals surface area contributed by atoms with Crippen LogP contribution in [0.15, 0.2) is 82.8 Å². The number of carbonyl (C=O) groups is 1. The van der Waals surface area contributed by atoms with Gasteiger partial charge in [-0.05, 0) is 12.1 Å². The van der Waals surface area contributed by atoms with Crippen molar-refractivity contribution < 1.29 is 9.53 Å². The molecule has 0 unspecified atom stereocenters. The Balaban J connectivity index is 1.35. The third-order valence-corrected chi connectivity index (χ3v) is 6.15. The number of H-pyrrole nitrogens is 1. The number of carbonyl (C=O) groups excluding carboxylic acids is 1. The van der Waals surface area contributed by atoms with Crippen molar-refractivity contribution in [3.63, 3.8) is 0 Å². The van der Waals surface area contributed by atoms with E-state index in [9.17, 15) is 14.4 Å². The Morgan fingerprint density at radius 2 is 1.67 bits per heavy atom. The van der Waals surface area contributed by atoms with Gasteiger partial charge in [-0.3, -0.25) is 9.59 Å². The van der Waals surface area contributed by atoms with Gasteiger partial charge in [0.25, 0.3) is 11.5 Å². The molecule has 36 heavy (non-hydrogen) atoms. The zero-order chi connectivity index (χ0) is 25.1. The predicted molar refractivity (Wildman–Crippen MR) is 135 cm³/mol. The monoisotopic (exact) mass is 484 g/mol. The number of ether oxygens (including phenoxy) is 1. The zero-order valence-electron chi connectivity index (χ0n) is 19.6. The minimum absolute atomic E-state index is 0.109. The third kappa shape index (κ3) is 4.36. The van der Waals surface area contributed by atoms with E-state index in [-0.39, 0.29) is 11.3 Å². The second-order valence-electron chi connectivity index (χ2n) is 8.23. The smallest absolute Gasteiger partial charge is 0.333 e. The molecule has 2 aromatic carbocycles. The Morgan fingerprint density at radius 1 is 0.944 bits per heavy atom. The van der Waals surface area contributed by atoms with Crippen molar-refractivity contribution in [2.45, 2.75) is 0 Å². The molecule has 1 saturated heterocycles. The summed E-state index contributed by atoms with van der Waals surface area (Å²) in [7, 11) is 1.45. The minimum atomic E-state index is -0.695. The number of hydrogen-bond donors (Lipinski definition) is 1. The van der Waals surface area contributed by atoms with Gasteiger partial charge in [0, 0.05) is 44.0 Å². The van der Waals surface area contributed by atoms with E-state index in [0.717, 1.165) is 21.6 Å². The lowest BCUT2D eigenvalue weighted by Gasteiger charge is -2.35. The summed E-state index contributed by atoms with van der Waals surface area (Å²) in [5.41, 5.74) is 0.637. The van der Waals surface area contributed by atoms with E-state index in [4.69, 9.17) is 4.74 Å². The van der Waals surface area contributed by atoms with Crippen LogP contribution in [0.5, 0.6) is 5.75 Å². The van der Waals surface area contributed by atoms with E-state index in [2.05, 4.69) is 19.9 Å². The first-order chi connectivity index (χ1) is 17.6. The first-order valence-corrected chi connectivity index (χ1v) is 11.5. The van der Waals surface area contributed by atoms with Gasteiger partial charge in [-0.25, -0.2) is 19.3 Å². The Bertz CT molecular complexity index is 1510. The van der Waals surface area contributed by atoms with E-state index in [1.165, 1.54) is 19.6 Å². The van der Waals surface area contributed by atoms with Gasteiger partial charge < -0.3 is 19.5 Å². The molecule has 0 aliphatic carbocycles. The van der Waals surface area contributed by atoms with Crippen LogP contribution in [0.3, 0.4) is 0 Å². The standard InChI is InChI=1S/C26H24N6O4/c1-36-22-10-6-5-9-21(22)32-25(34)19(16-27-26(32)35)24(33)31-13-11-30(12-14-31)23-15-20(28-17-29-23)18-7-3-2-4-8-18/h2-10,15-17H,11-14H2,1H3,(H,27,35). The predicted octanol–water partition coefficient (Wildman–Crippen LogP) is 1.95. The molecule has 0 saturated carbocycles. The molecule has 1 fully saturated rings. The van der Waals surface area contributed by atoms with Gasteiger partial charge >= 0.3 is 5.69 Å². The molecule has 3 heterocycles. The van der Waals surface area contributed by atoms with Crippen LogP contribution in [0.25, 0.3) is 16.9 Å². The molecule has 0 atom stereocenters. The van der Waals surface area contributed by atoms with Gasteiger partial charge in [0.05, 0.1) is 18.5 Å². The number of methoxy groups -OCH3 is 1. The van der Waals surface area contributed by atoms with Gasteiger partial charge in [-0.1, -0.05) is 42.5 Å². The molecule has 2 aromatic heterocycles. The van der Waals surface area contributed by atoms with Crippen LogP contribution in [0.2, 0.25) is 0 Å². The molecular weight excluding hydrogens is 460 g/mol. The molecule has 0 radical (unpaired) electrons. The van der Waals surface area contributed by atoms with Crippen LogP contribution < -0.4 is 20.9 Å². The molecule has 182 valence electrons. The average molecular weight is 485 g/mol. The quantitative estimate of drug-likeness (QED) is 0.461. The van der Waals surface area contributed by atoms with Crippen molar-refractivity contribution >= 4 is 11.7 Å². The van der Waals surface area contributed by atoms with Crippen molar-refractivity contribution in [3.05, 3.63) is 99.6 Å². The highest BCUT2D eigenvalue weighted by Crippen LogP contribution is 2.22. The molecular formula is C26H24N6O4. The first kappa shape index (κ1) is 23.0. The summed E-state index contributed by atoms with van der Waals surface area (Å²) >= 11 is 0. The fraction of sp³-hybridized carbons (Fsp3) is 0.192. The lowest BCUT2D eigenvalue weighted by molar-refractivity contribution is 0.0743. The minimum Gasteiger partial charge on any atom is -0.495 e. The summed E-state index contributed by atoms with van der Waals surface area (Å²) in [5, 5.41) is 0. The molecule has 5 rings (SSSR count). The summed E-state index contributed by atoms with van der Waals surface area (Å²) in [4.78, 5) is 54.0. The van der Waals surface area contributed by atoms with Gasteiger partial charge in [-0.15, -0.1) is 0 Å². The molecule has 1 amide bonds. The summed E-state index contributed by atoms with van der Waals surface area (Å²) < 4.78 is 6.22. The molecule has 0 spiro atoms. The Labute approximate surface area is 206 Å². The lowest BCUT2D eigenvalue weighted by atomic mass is 10.1. The van der Waals surface area contributed by atoms with Crippen LogP contribution in [0.4, 0.5) is 5.82 Å². The number of benzene rings is 2. The average Bonchev–Trinajstić information content (AvgIpc) is 2.94. The summed E-state index contributed by atoms with van der Waals surface area (Å²) in [6.07, 6.45) is 2.72. The maximum Gasteiger partial charge on any atom is 0.333 e. The number of piperazine rings is 1. The summed E-state index contributed by atoms with van der Waals surface area (Å²) in [6, 6.07) is 18.4. The number of nitrogens with zero attached hydrogens (tertiary/aromatic N) is 5. The van der Waals surface area contributed by atoms with Crippen molar-refractivity contribution in [1.82, 2.24) is 24.4 Å². The van der Waals surface area contributed by atoms with Crippen LogP contribution in [0.1, 0.15) is 10.4 Å². The molecule has 10 nitrogen and oxygen atoms in total. The Hall–Kier alpha value is -4.73. The van der Waals surface area contributed by atoms with Crippen LogP contribution >= 0.6 is 0 Å². The lowest BCUT2D eigenvalue weighted by Crippen LogP contribution is -2.50. The topological polar surface area (TPSA) is 113 Å². The zero-order valence-corrected chi connectivity index (χ0v) is 19.6. The van der Waals surface area contributed by atoms with E-state index < -0.39 is 17.2 Å². The number of nitrogens with one attached hydrogen (secondary N) is 1. The maximum absolute atomic E-state index is 13.3. The fourth-order valence-corrected chi connectivity index (χ4v) is 4.26. The third-order valence-electron chi connectivity index (χ3n) is 6.15. The normalized spacial score (nSPS) is 13.5. The highest BCUT2D eigenvalue weighted by molar-refractivity contribution is 5.93. The fourth-order valence-electron chi connectivity index (χ4n) is 4.26. The van der Waals surface area contributed by atoms with Gasteiger partial charge in [0.1, 0.15) is 23.5 Å². The Kier molecular flexibility index (Phi) is 6.31. The number of aromatic nitrogens is 4. The second-order valence-corrected chi connectivity index (χ2v) is 8.23. The van der Waals surface area contributed by atoms with E-state index in [1.54, 1.807) is 29.2 Å². The van der Waals surface area contributed by atoms with Crippen LogP contribution in [-0.2, 0) is 0 Å². The number of hydrogen-bond acceptors (Lipinski definition) is 7. The largest absolute Gasteiger partial charge is 0.495 e. The van der Waals surface area contributed by atoms with Crippen molar-refractivity contribution in [3.8, 4) is 22.7 Å². The molecule has 1 aliphatic rings. The van der Waals surface area contributed by atoms with Crippen LogP contribution in [0, 0.1) is 0 Å². The molecule has 10 heteroatoms.